The summed E-state index contributed by atoms with van der Waals surface area (Å²) < 4.78 is 0. The number of unbranched alkanes of at least 4 members (excludes halogenated alkanes) is 5. The van der Waals surface area contributed by atoms with E-state index in [0.29, 0.717) is 0 Å². The molecule has 0 N–H and O–H groups in total. The van der Waals surface area contributed by atoms with Crippen molar-refractivity contribution >= 4 is 0 Å². The molecule has 2 rings (SSSR count). The fraction of sp³-hybridized carbons (Fsp3) is 0.625. The van der Waals surface area contributed by atoms with E-state index in [4.69, 9.17) is 5.26 Å². The third-order valence-electron chi connectivity index (χ3n) is 5.70. The second-order valence-electron chi connectivity index (χ2n) is 7.78. The highest BCUT2D eigenvalue weighted by Crippen LogP contribution is 2.32. The Morgan fingerprint density at radius 2 is 1.64 bits per heavy atom. The molecule has 0 heterocycles. The number of allylic oxidation sites excluding steroid dienone is 2. The van der Waals surface area contributed by atoms with Crippen LogP contribution in [0.25, 0.3) is 0 Å². The number of hydrogen-bond donors (Lipinski definition) is 0. The molecular weight excluding hydrogens is 302 g/mol. The number of benzene rings is 1. The first-order valence-electron chi connectivity index (χ1n) is 10.5. The maximum Gasteiger partial charge on any atom is 0.0991 e. The maximum absolute atomic E-state index is 8.83. The SMILES string of the molecule is CCCCCCCCC1CCC(/C=C/Cc2ccc(C#N)cc2)CC1. The maximum atomic E-state index is 8.83. The van der Waals surface area contributed by atoms with E-state index < -0.39 is 0 Å². The van der Waals surface area contributed by atoms with Gasteiger partial charge in [0.15, 0.2) is 0 Å². The van der Waals surface area contributed by atoms with Gasteiger partial charge in [-0.25, -0.2) is 0 Å². The summed E-state index contributed by atoms with van der Waals surface area (Å²) in [6.07, 6.45) is 21.4. The predicted molar refractivity (Wildman–Crippen MR) is 107 cm³/mol. The Balaban J connectivity index is 1.57. The van der Waals surface area contributed by atoms with Crippen LogP contribution in [-0.2, 0) is 6.42 Å². The number of nitriles is 1. The summed E-state index contributed by atoms with van der Waals surface area (Å²) in [7, 11) is 0. The second-order valence-corrected chi connectivity index (χ2v) is 7.78. The molecule has 0 aliphatic heterocycles. The van der Waals surface area contributed by atoms with Crippen LogP contribution in [0.1, 0.15) is 88.7 Å². The topological polar surface area (TPSA) is 23.8 Å². The molecule has 0 bridgehead atoms. The van der Waals surface area contributed by atoms with Gasteiger partial charge in [0.1, 0.15) is 0 Å². The molecule has 1 saturated carbocycles. The van der Waals surface area contributed by atoms with Gasteiger partial charge in [-0.15, -0.1) is 0 Å². The minimum Gasteiger partial charge on any atom is -0.192 e. The van der Waals surface area contributed by atoms with Crippen LogP contribution in [0.5, 0.6) is 0 Å². The summed E-state index contributed by atoms with van der Waals surface area (Å²) in [5.74, 6) is 1.79. The molecule has 136 valence electrons. The zero-order valence-corrected chi connectivity index (χ0v) is 16.1. The third kappa shape index (κ3) is 7.91. The standard InChI is InChI=1S/C24H35N/c1-2-3-4-5-6-7-9-21-12-14-22(15-13-21)10-8-11-23-16-18-24(20-25)19-17-23/h8,10,16-19,21-22H,2-7,9,11-15H2,1H3/b10-8+. The molecule has 0 amide bonds. The lowest BCUT2D eigenvalue weighted by Crippen LogP contribution is -2.13. The Labute approximate surface area is 155 Å². The van der Waals surface area contributed by atoms with Crippen LogP contribution >= 0.6 is 0 Å². The lowest BCUT2D eigenvalue weighted by atomic mass is 9.79. The summed E-state index contributed by atoms with van der Waals surface area (Å²) in [6, 6.07) is 10.1. The summed E-state index contributed by atoms with van der Waals surface area (Å²) >= 11 is 0. The van der Waals surface area contributed by atoms with Gasteiger partial charge in [0.2, 0.25) is 0 Å². The Hall–Kier alpha value is -1.55. The van der Waals surface area contributed by atoms with Crippen molar-refractivity contribution in [2.75, 3.05) is 0 Å². The summed E-state index contributed by atoms with van der Waals surface area (Å²) in [4.78, 5) is 0. The average Bonchev–Trinajstić information content (AvgIpc) is 2.66. The average molecular weight is 338 g/mol. The molecule has 0 aromatic heterocycles. The van der Waals surface area contributed by atoms with Crippen molar-refractivity contribution in [3.05, 3.63) is 47.5 Å². The lowest BCUT2D eigenvalue weighted by Gasteiger charge is -2.26. The molecule has 1 aliphatic carbocycles. The summed E-state index contributed by atoms with van der Waals surface area (Å²) in [6.45, 7) is 2.29. The van der Waals surface area contributed by atoms with E-state index in [1.165, 1.54) is 76.2 Å². The first-order chi connectivity index (χ1) is 12.3. The van der Waals surface area contributed by atoms with Gasteiger partial charge < -0.3 is 0 Å². The molecule has 1 fully saturated rings. The molecule has 0 unspecified atom stereocenters. The van der Waals surface area contributed by atoms with E-state index in [9.17, 15) is 0 Å². The zero-order chi connectivity index (χ0) is 17.7. The van der Waals surface area contributed by atoms with Gasteiger partial charge in [0.25, 0.3) is 0 Å². The summed E-state index contributed by atoms with van der Waals surface area (Å²) in [5, 5.41) is 8.83. The van der Waals surface area contributed by atoms with Crippen molar-refractivity contribution in [2.24, 2.45) is 11.8 Å². The Morgan fingerprint density at radius 3 is 2.32 bits per heavy atom. The van der Waals surface area contributed by atoms with Gasteiger partial charge in [-0.3, -0.25) is 0 Å². The zero-order valence-electron chi connectivity index (χ0n) is 16.1. The van der Waals surface area contributed by atoms with Crippen molar-refractivity contribution in [3.63, 3.8) is 0 Å². The summed E-state index contributed by atoms with van der Waals surface area (Å²) in [5.41, 5.74) is 2.04. The molecule has 0 radical (unpaired) electrons. The van der Waals surface area contributed by atoms with Crippen molar-refractivity contribution in [1.82, 2.24) is 0 Å². The highest BCUT2D eigenvalue weighted by molar-refractivity contribution is 5.32. The molecule has 1 heteroatoms. The van der Waals surface area contributed by atoms with Gasteiger partial charge in [0, 0.05) is 0 Å². The van der Waals surface area contributed by atoms with Crippen molar-refractivity contribution in [3.8, 4) is 6.07 Å². The third-order valence-corrected chi connectivity index (χ3v) is 5.70. The van der Waals surface area contributed by atoms with E-state index in [2.05, 4.69) is 37.3 Å². The first-order valence-corrected chi connectivity index (χ1v) is 10.5. The minimum atomic E-state index is 0.747. The minimum absolute atomic E-state index is 0.747. The molecule has 1 nitrogen and oxygen atoms in total. The molecule has 0 saturated heterocycles. The Kier molecular flexibility index (Phi) is 9.42. The molecule has 0 spiro atoms. The monoisotopic (exact) mass is 337 g/mol. The van der Waals surface area contributed by atoms with E-state index in [0.717, 1.165) is 23.8 Å². The number of nitrogens with zero attached hydrogens (tertiary/aromatic N) is 1. The van der Waals surface area contributed by atoms with E-state index >= 15 is 0 Å². The van der Waals surface area contributed by atoms with E-state index in [-0.39, 0.29) is 0 Å². The van der Waals surface area contributed by atoms with Crippen LogP contribution in [0.15, 0.2) is 36.4 Å². The van der Waals surface area contributed by atoms with Crippen LogP contribution in [0.4, 0.5) is 0 Å². The molecule has 25 heavy (non-hydrogen) atoms. The Bertz CT molecular complexity index is 526. The van der Waals surface area contributed by atoms with Gasteiger partial charge in [-0.05, 0) is 61.6 Å². The lowest BCUT2D eigenvalue weighted by molar-refractivity contribution is 0.288. The highest BCUT2D eigenvalue weighted by atomic mass is 14.2. The quantitative estimate of drug-likeness (QED) is 0.327. The van der Waals surface area contributed by atoms with E-state index in [1.807, 2.05) is 12.1 Å². The van der Waals surface area contributed by atoms with Gasteiger partial charge in [-0.1, -0.05) is 76.2 Å². The van der Waals surface area contributed by atoms with Crippen LogP contribution in [-0.4, -0.2) is 0 Å². The van der Waals surface area contributed by atoms with Gasteiger partial charge >= 0.3 is 0 Å². The first kappa shape index (κ1) is 19.8. The van der Waals surface area contributed by atoms with Gasteiger partial charge in [0.05, 0.1) is 11.6 Å². The molecule has 1 aromatic carbocycles. The van der Waals surface area contributed by atoms with Gasteiger partial charge in [-0.2, -0.15) is 5.26 Å². The normalized spacial score (nSPS) is 20.6. The van der Waals surface area contributed by atoms with Crippen LogP contribution < -0.4 is 0 Å². The highest BCUT2D eigenvalue weighted by Gasteiger charge is 2.18. The van der Waals surface area contributed by atoms with Crippen LogP contribution in [0.3, 0.4) is 0 Å². The fourth-order valence-corrected chi connectivity index (χ4v) is 3.99. The smallest absolute Gasteiger partial charge is 0.0991 e. The van der Waals surface area contributed by atoms with Crippen LogP contribution in [0, 0.1) is 23.2 Å². The Morgan fingerprint density at radius 1 is 0.960 bits per heavy atom. The van der Waals surface area contributed by atoms with Crippen molar-refractivity contribution in [1.29, 1.82) is 5.26 Å². The number of rotatable bonds is 10. The number of hydrogen-bond acceptors (Lipinski definition) is 1. The molecule has 1 aromatic rings. The second kappa shape index (κ2) is 11.9. The largest absolute Gasteiger partial charge is 0.192 e. The predicted octanol–water partition coefficient (Wildman–Crippen LogP) is 7.21. The van der Waals surface area contributed by atoms with Crippen molar-refractivity contribution < 1.29 is 0 Å². The molecule has 1 aliphatic rings. The van der Waals surface area contributed by atoms with Crippen molar-refractivity contribution in [2.45, 2.75) is 84.0 Å². The fourth-order valence-electron chi connectivity index (χ4n) is 3.99. The molecule has 0 atom stereocenters. The van der Waals surface area contributed by atoms with Crippen LogP contribution in [0.2, 0.25) is 0 Å². The van der Waals surface area contributed by atoms with E-state index in [1.54, 1.807) is 0 Å². The molecular formula is C24H35N.